The number of hydrogen-bond acceptors (Lipinski definition) is 5. The highest BCUT2D eigenvalue weighted by Crippen LogP contribution is 2.40. The summed E-state index contributed by atoms with van der Waals surface area (Å²) in [6.45, 7) is 4.70. The highest BCUT2D eigenvalue weighted by Gasteiger charge is 2.46. The Hall–Kier alpha value is -3.58. The minimum absolute atomic E-state index is 0.0830. The van der Waals surface area contributed by atoms with E-state index >= 15 is 0 Å². The van der Waals surface area contributed by atoms with Crippen LogP contribution in [0.3, 0.4) is 0 Å². The third-order valence-corrected chi connectivity index (χ3v) is 5.81. The summed E-state index contributed by atoms with van der Waals surface area (Å²) in [4.78, 5) is 30.8. The second-order valence-corrected chi connectivity index (χ2v) is 8.29. The lowest BCUT2D eigenvalue weighted by molar-refractivity contribution is -0.140. The molecule has 1 aliphatic rings. The van der Waals surface area contributed by atoms with Crippen molar-refractivity contribution in [3.8, 4) is 5.75 Å². The van der Waals surface area contributed by atoms with E-state index in [0.717, 1.165) is 16.5 Å². The third-order valence-electron chi connectivity index (χ3n) is 5.81. The molecule has 1 atom stereocenters. The highest BCUT2D eigenvalue weighted by molar-refractivity contribution is 6.46. The van der Waals surface area contributed by atoms with Crippen molar-refractivity contribution in [1.29, 1.82) is 0 Å². The molecule has 7 nitrogen and oxygen atoms in total. The first-order valence-electron chi connectivity index (χ1n) is 11.0. The smallest absolute Gasteiger partial charge is 0.295 e. The van der Waals surface area contributed by atoms with E-state index in [0.29, 0.717) is 30.9 Å². The highest BCUT2D eigenvalue weighted by atomic mass is 16.5. The second-order valence-electron chi connectivity index (χ2n) is 8.29. The number of benzene rings is 2. The SMILES string of the molecule is COc1ccc(C2/C(=C(/O)c3c[nH]c4ccccc34)C(=O)C(=O)N2CCCOC(C)C)cc1. The Labute approximate surface area is 192 Å². The first-order chi connectivity index (χ1) is 15.9. The van der Waals surface area contributed by atoms with Gasteiger partial charge in [0.2, 0.25) is 0 Å². The summed E-state index contributed by atoms with van der Waals surface area (Å²) in [5.74, 6) is -0.838. The molecule has 2 heterocycles. The first kappa shape index (κ1) is 22.6. The lowest BCUT2D eigenvalue weighted by atomic mass is 9.95. The molecule has 1 amide bonds. The number of rotatable bonds is 8. The van der Waals surface area contributed by atoms with Gasteiger partial charge in [-0.1, -0.05) is 30.3 Å². The number of amides is 1. The van der Waals surface area contributed by atoms with Gasteiger partial charge in [-0.3, -0.25) is 9.59 Å². The number of H-pyrrole nitrogens is 1. The van der Waals surface area contributed by atoms with Crippen LogP contribution in [-0.4, -0.2) is 53.0 Å². The number of aliphatic hydroxyl groups excluding tert-OH is 1. The Morgan fingerprint density at radius 1 is 1.12 bits per heavy atom. The Morgan fingerprint density at radius 2 is 1.85 bits per heavy atom. The zero-order valence-corrected chi connectivity index (χ0v) is 19.0. The van der Waals surface area contributed by atoms with Gasteiger partial charge in [0.05, 0.1) is 24.8 Å². The second kappa shape index (κ2) is 9.50. The molecule has 2 aromatic carbocycles. The molecular formula is C26H28N2O5. The quantitative estimate of drug-likeness (QED) is 0.230. The first-order valence-corrected chi connectivity index (χ1v) is 11.0. The van der Waals surface area contributed by atoms with Gasteiger partial charge >= 0.3 is 0 Å². The molecule has 0 spiro atoms. The number of ether oxygens (including phenoxy) is 2. The van der Waals surface area contributed by atoms with Crippen molar-refractivity contribution in [3.05, 3.63) is 71.4 Å². The number of aromatic amines is 1. The maximum atomic E-state index is 13.2. The monoisotopic (exact) mass is 448 g/mol. The standard InChI is InChI=1S/C26H28N2O5/c1-16(2)33-14-6-13-28-23(17-9-11-18(32-3)12-10-17)22(25(30)26(28)31)24(29)20-15-27-21-8-5-4-7-19(20)21/h4-5,7-12,15-16,23,27,29H,6,13-14H2,1-3H3/b24-22-. The molecule has 1 saturated heterocycles. The van der Waals surface area contributed by atoms with Gasteiger partial charge < -0.3 is 24.5 Å². The van der Waals surface area contributed by atoms with Gasteiger partial charge in [-0.2, -0.15) is 0 Å². The van der Waals surface area contributed by atoms with Crippen LogP contribution >= 0.6 is 0 Å². The Kier molecular flexibility index (Phi) is 6.51. The van der Waals surface area contributed by atoms with E-state index in [4.69, 9.17) is 9.47 Å². The van der Waals surface area contributed by atoms with Crippen LogP contribution in [0.4, 0.5) is 0 Å². The molecule has 1 aliphatic heterocycles. The van der Waals surface area contributed by atoms with E-state index in [1.54, 1.807) is 25.4 Å². The largest absolute Gasteiger partial charge is 0.507 e. The summed E-state index contributed by atoms with van der Waals surface area (Å²) in [7, 11) is 1.58. The van der Waals surface area contributed by atoms with E-state index in [1.807, 2.05) is 50.2 Å². The van der Waals surface area contributed by atoms with E-state index in [9.17, 15) is 14.7 Å². The summed E-state index contributed by atoms with van der Waals surface area (Å²) < 4.78 is 10.9. The fourth-order valence-corrected chi connectivity index (χ4v) is 4.21. The summed E-state index contributed by atoms with van der Waals surface area (Å²) in [6, 6.07) is 14.0. The molecule has 7 heteroatoms. The molecule has 172 valence electrons. The van der Waals surface area contributed by atoms with Crippen molar-refractivity contribution >= 4 is 28.4 Å². The molecular weight excluding hydrogens is 420 g/mol. The lowest BCUT2D eigenvalue weighted by Gasteiger charge is -2.25. The van der Waals surface area contributed by atoms with Crippen LogP contribution in [0.15, 0.2) is 60.3 Å². The van der Waals surface area contributed by atoms with Gasteiger partial charge in [0.1, 0.15) is 11.5 Å². The molecule has 2 N–H and O–H groups in total. The lowest BCUT2D eigenvalue weighted by Crippen LogP contribution is -2.31. The zero-order chi connectivity index (χ0) is 23.5. The number of para-hydroxylation sites is 1. The number of nitrogens with one attached hydrogen (secondary N) is 1. The summed E-state index contributed by atoms with van der Waals surface area (Å²) in [5.41, 5.74) is 2.13. The number of Topliss-reactive ketones (excluding diaryl/α,β-unsaturated/α-hetero) is 1. The van der Waals surface area contributed by atoms with Gasteiger partial charge in [0.15, 0.2) is 0 Å². The average Bonchev–Trinajstić information content (AvgIpc) is 3.36. The van der Waals surface area contributed by atoms with E-state index in [1.165, 1.54) is 4.90 Å². The Bertz CT molecular complexity index is 1190. The van der Waals surface area contributed by atoms with E-state index < -0.39 is 17.7 Å². The summed E-state index contributed by atoms with van der Waals surface area (Å²) in [6.07, 6.45) is 2.32. The molecule has 1 aromatic heterocycles. The van der Waals surface area contributed by atoms with Crippen LogP contribution in [0.2, 0.25) is 0 Å². The number of hydrogen-bond donors (Lipinski definition) is 2. The normalized spacial score (nSPS) is 17.9. The van der Waals surface area contributed by atoms with Crippen molar-refractivity contribution in [2.45, 2.75) is 32.4 Å². The predicted molar refractivity (Wildman–Crippen MR) is 126 cm³/mol. The maximum absolute atomic E-state index is 13.2. The zero-order valence-electron chi connectivity index (χ0n) is 19.0. The topological polar surface area (TPSA) is 91.9 Å². The number of aromatic nitrogens is 1. The average molecular weight is 449 g/mol. The molecule has 4 rings (SSSR count). The van der Waals surface area contributed by atoms with Crippen LogP contribution in [0, 0.1) is 0 Å². The molecule has 33 heavy (non-hydrogen) atoms. The van der Waals surface area contributed by atoms with Gasteiger partial charge in [-0.15, -0.1) is 0 Å². The van der Waals surface area contributed by atoms with E-state index in [-0.39, 0.29) is 17.4 Å². The molecule has 1 unspecified atom stereocenters. The van der Waals surface area contributed by atoms with Crippen molar-refractivity contribution in [2.75, 3.05) is 20.3 Å². The third kappa shape index (κ3) is 4.36. The number of carbonyl (C=O) groups is 2. The number of aliphatic hydroxyl groups is 1. The maximum Gasteiger partial charge on any atom is 0.295 e. The van der Waals surface area contributed by atoms with Gasteiger partial charge in [0, 0.05) is 35.8 Å². The number of carbonyl (C=O) groups excluding carboxylic acids is 2. The van der Waals surface area contributed by atoms with E-state index in [2.05, 4.69) is 4.98 Å². The molecule has 0 saturated carbocycles. The number of ketones is 1. The van der Waals surface area contributed by atoms with Crippen molar-refractivity contribution in [1.82, 2.24) is 9.88 Å². The van der Waals surface area contributed by atoms with Crippen LogP contribution < -0.4 is 4.74 Å². The van der Waals surface area contributed by atoms with Gasteiger partial charge in [0.25, 0.3) is 11.7 Å². The molecule has 3 aromatic rings. The molecule has 0 aliphatic carbocycles. The fourth-order valence-electron chi connectivity index (χ4n) is 4.21. The fraction of sp³-hybridized carbons (Fsp3) is 0.308. The number of methoxy groups -OCH3 is 1. The van der Waals surface area contributed by atoms with Crippen LogP contribution in [0.25, 0.3) is 16.7 Å². The molecule has 0 bridgehead atoms. The van der Waals surface area contributed by atoms with Gasteiger partial charge in [-0.05, 0) is 44.0 Å². The van der Waals surface area contributed by atoms with Crippen LogP contribution in [0.5, 0.6) is 5.75 Å². The van der Waals surface area contributed by atoms with Crippen molar-refractivity contribution in [2.24, 2.45) is 0 Å². The van der Waals surface area contributed by atoms with Crippen molar-refractivity contribution < 1.29 is 24.2 Å². The molecule has 1 fully saturated rings. The minimum atomic E-state index is -0.705. The van der Waals surface area contributed by atoms with Crippen LogP contribution in [-0.2, 0) is 14.3 Å². The summed E-state index contributed by atoms with van der Waals surface area (Å²) in [5, 5.41) is 12.1. The number of fused-ring (bicyclic) bond motifs is 1. The van der Waals surface area contributed by atoms with Crippen LogP contribution in [0.1, 0.15) is 37.4 Å². The minimum Gasteiger partial charge on any atom is -0.507 e. The van der Waals surface area contributed by atoms with Gasteiger partial charge in [-0.25, -0.2) is 0 Å². The molecule has 0 radical (unpaired) electrons. The van der Waals surface area contributed by atoms with Crippen molar-refractivity contribution in [3.63, 3.8) is 0 Å². The Morgan fingerprint density at radius 3 is 2.55 bits per heavy atom. The number of likely N-dealkylation sites (tertiary alicyclic amines) is 1. The predicted octanol–water partition coefficient (Wildman–Crippen LogP) is 4.41. The Balaban J connectivity index is 1.78. The number of nitrogens with zero attached hydrogens (tertiary/aromatic N) is 1. The summed E-state index contributed by atoms with van der Waals surface area (Å²) >= 11 is 0.